The molecule has 0 saturated heterocycles. The first-order valence-corrected chi connectivity index (χ1v) is 7.16. The van der Waals surface area contributed by atoms with Gasteiger partial charge in [0.15, 0.2) is 0 Å². The van der Waals surface area contributed by atoms with Crippen molar-refractivity contribution in [1.29, 1.82) is 0 Å². The lowest BCUT2D eigenvalue weighted by Crippen LogP contribution is -2.33. The van der Waals surface area contributed by atoms with Crippen LogP contribution in [-0.4, -0.2) is 20.8 Å². The first-order valence-electron chi connectivity index (χ1n) is 7.16. The second-order valence-corrected chi connectivity index (χ2v) is 5.37. The summed E-state index contributed by atoms with van der Waals surface area (Å²) in [6.07, 6.45) is 5.75. The van der Waals surface area contributed by atoms with Crippen molar-refractivity contribution in [2.75, 3.05) is 20.8 Å². The van der Waals surface area contributed by atoms with Crippen LogP contribution in [0.4, 0.5) is 0 Å². The molecule has 0 amide bonds. The average Bonchev–Trinajstić information content (AvgIpc) is 2.95. The van der Waals surface area contributed by atoms with E-state index in [0.29, 0.717) is 6.54 Å². The molecule has 1 saturated carbocycles. The standard InChI is InChI=1S/C16H25NO2/c1-4-12-13(18-2)7-8-14(19-3)15(12)16(11-17)9-5-6-10-16/h7-8H,4-6,9-11,17H2,1-3H3. The van der Waals surface area contributed by atoms with Crippen LogP contribution in [0.25, 0.3) is 0 Å². The fourth-order valence-electron chi connectivity index (χ4n) is 3.51. The van der Waals surface area contributed by atoms with Crippen LogP contribution in [0.15, 0.2) is 12.1 Å². The molecule has 1 aromatic carbocycles. The number of benzene rings is 1. The lowest BCUT2D eigenvalue weighted by atomic mass is 9.75. The molecule has 1 aliphatic rings. The monoisotopic (exact) mass is 263 g/mol. The van der Waals surface area contributed by atoms with Gasteiger partial charge in [0.2, 0.25) is 0 Å². The van der Waals surface area contributed by atoms with Crippen LogP contribution in [0.5, 0.6) is 11.5 Å². The van der Waals surface area contributed by atoms with Crippen LogP contribution >= 0.6 is 0 Å². The maximum absolute atomic E-state index is 6.14. The zero-order chi connectivity index (χ0) is 13.9. The van der Waals surface area contributed by atoms with E-state index >= 15 is 0 Å². The highest BCUT2D eigenvalue weighted by atomic mass is 16.5. The molecular formula is C16H25NO2. The number of ether oxygens (including phenoxy) is 2. The van der Waals surface area contributed by atoms with E-state index in [-0.39, 0.29) is 5.41 Å². The molecule has 0 aliphatic heterocycles. The Morgan fingerprint density at radius 3 is 2.16 bits per heavy atom. The van der Waals surface area contributed by atoms with Crippen LogP contribution in [-0.2, 0) is 11.8 Å². The highest BCUT2D eigenvalue weighted by Crippen LogP contribution is 2.47. The third kappa shape index (κ3) is 2.32. The van der Waals surface area contributed by atoms with Gasteiger partial charge in [-0.3, -0.25) is 0 Å². The molecule has 0 aromatic heterocycles. The van der Waals surface area contributed by atoms with Crippen molar-refractivity contribution in [2.45, 2.75) is 44.4 Å². The molecule has 2 N–H and O–H groups in total. The highest BCUT2D eigenvalue weighted by Gasteiger charge is 2.38. The summed E-state index contributed by atoms with van der Waals surface area (Å²) in [7, 11) is 3.47. The van der Waals surface area contributed by atoms with Crippen LogP contribution in [0.1, 0.15) is 43.7 Å². The Bertz CT molecular complexity index is 437. The van der Waals surface area contributed by atoms with E-state index in [1.165, 1.54) is 24.0 Å². The van der Waals surface area contributed by atoms with Gasteiger partial charge in [-0.2, -0.15) is 0 Å². The normalized spacial score (nSPS) is 17.5. The van der Waals surface area contributed by atoms with Gasteiger partial charge in [0.05, 0.1) is 14.2 Å². The summed E-state index contributed by atoms with van der Waals surface area (Å²) in [4.78, 5) is 0. The molecule has 0 unspecified atom stereocenters. The SMILES string of the molecule is CCc1c(OC)ccc(OC)c1C1(CN)CCCC1. The fraction of sp³-hybridized carbons (Fsp3) is 0.625. The third-order valence-electron chi connectivity index (χ3n) is 4.51. The number of nitrogens with two attached hydrogens (primary N) is 1. The molecule has 1 aromatic rings. The summed E-state index contributed by atoms with van der Waals surface area (Å²) >= 11 is 0. The molecule has 1 fully saturated rings. The largest absolute Gasteiger partial charge is 0.496 e. The molecule has 0 atom stereocenters. The van der Waals surface area contributed by atoms with E-state index < -0.39 is 0 Å². The molecule has 3 nitrogen and oxygen atoms in total. The van der Waals surface area contributed by atoms with Crippen LogP contribution in [0.2, 0.25) is 0 Å². The molecule has 0 spiro atoms. The molecule has 1 aliphatic carbocycles. The van der Waals surface area contributed by atoms with Crippen LogP contribution < -0.4 is 15.2 Å². The Kier molecular flexibility index (Phi) is 4.35. The van der Waals surface area contributed by atoms with Gasteiger partial charge >= 0.3 is 0 Å². The highest BCUT2D eigenvalue weighted by molar-refractivity contribution is 5.53. The Morgan fingerprint density at radius 2 is 1.68 bits per heavy atom. The van der Waals surface area contributed by atoms with E-state index in [0.717, 1.165) is 30.8 Å². The maximum atomic E-state index is 6.14. The summed E-state index contributed by atoms with van der Waals surface area (Å²) in [6, 6.07) is 4.02. The summed E-state index contributed by atoms with van der Waals surface area (Å²) in [6.45, 7) is 2.85. The van der Waals surface area contributed by atoms with E-state index in [2.05, 4.69) is 6.92 Å². The molecule has 19 heavy (non-hydrogen) atoms. The number of hydrogen-bond donors (Lipinski definition) is 1. The van der Waals surface area contributed by atoms with Crippen molar-refractivity contribution in [3.8, 4) is 11.5 Å². The first-order chi connectivity index (χ1) is 9.22. The Labute approximate surface area is 116 Å². The average molecular weight is 263 g/mol. The van der Waals surface area contributed by atoms with Gasteiger partial charge in [-0.25, -0.2) is 0 Å². The summed E-state index contributed by atoms with van der Waals surface area (Å²) in [5.41, 5.74) is 8.77. The number of hydrogen-bond acceptors (Lipinski definition) is 3. The van der Waals surface area contributed by atoms with Gasteiger partial charge in [0.25, 0.3) is 0 Å². The van der Waals surface area contributed by atoms with E-state index in [4.69, 9.17) is 15.2 Å². The van der Waals surface area contributed by atoms with Crippen molar-refractivity contribution in [3.63, 3.8) is 0 Å². The van der Waals surface area contributed by atoms with Crippen molar-refractivity contribution in [3.05, 3.63) is 23.3 Å². The van der Waals surface area contributed by atoms with Gasteiger partial charge < -0.3 is 15.2 Å². The van der Waals surface area contributed by atoms with Crippen molar-refractivity contribution >= 4 is 0 Å². The smallest absolute Gasteiger partial charge is 0.123 e. The first kappa shape index (κ1) is 14.2. The van der Waals surface area contributed by atoms with Crippen molar-refractivity contribution < 1.29 is 9.47 Å². The topological polar surface area (TPSA) is 44.5 Å². The molecule has 0 bridgehead atoms. The lowest BCUT2D eigenvalue weighted by Gasteiger charge is -2.32. The predicted molar refractivity (Wildman–Crippen MR) is 78.1 cm³/mol. The minimum absolute atomic E-state index is 0.0746. The summed E-state index contributed by atoms with van der Waals surface area (Å²) in [5.74, 6) is 1.92. The quantitative estimate of drug-likeness (QED) is 0.888. The fourth-order valence-corrected chi connectivity index (χ4v) is 3.51. The molecule has 2 rings (SSSR count). The Hall–Kier alpha value is -1.22. The maximum Gasteiger partial charge on any atom is 0.123 e. The second kappa shape index (κ2) is 5.83. The number of rotatable bonds is 5. The van der Waals surface area contributed by atoms with Crippen LogP contribution in [0.3, 0.4) is 0 Å². The minimum atomic E-state index is 0.0746. The predicted octanol–water partition coefficient (Wildman–Crippen LogP) is 3.04. The molecule has 3 heteroatoms. The van der Waals surface area contributed by atoms with E-state index in [1.54, 1.807) is 14.2 Å². The van der Waals surface area contributed by atoms with Gasteiger partial charge in [-0.05, 0) is 31.4 Å². The van der Waals surface area contributed by atoms with E-state index in [1.807, 2.05) is 12.1 Å². The summed E-state index contributed by atoms with van der Waals surface area (Å²) < 4.78 is 11.1. The second-order valence-electron chi connectivity index (χ2n) is 5.37. The van der Waals surface area contributed by atoms with Gasteiger partial charge in [-0.15, -0.1) is 0 Å². The van der Waals surface area contributed by atoms with Crippen molar-refractivity contribution in [1.82, 2.24) is 0 Å². The minimum Gasteiger partial charge on any atom is -0.496 e. The molecule has 0 heterocycles. The Morgan fingerprint density at radius 1 is 1.11 bits per heavy atom. The molecular weight excluding hydrogens is 238 g/mol. The van der Waals surface area contributed by atoms with Gasteiger partial charge in [0, 0.05) is 23.1 Å². The number of methoxy groups -OCH3 is 2. The Balaban J connectivity index is 2.64. The van der Waals surface area contributed by atoms with Crippen LogP contribution in [0, 0.1) is 0 Å². The lowest BCUT2D eigenvalue weighted by molar-refractivity contribution is 0.365. The zero-order valence-electron chi connectivity index (χ0n) is 12.3. The molecule has 106 valence electrons. The van der Waals surface area contributed by atoms with E-state index in [9.17, 15) is 0 Å². The van der Waals surface area contributed by atoms with Gasteiger partial charge in [-0.1, -0.05) is 19.8 Å². The summed E-state index contributed by atoms with van der Waals surface area (Å²) in [5, 5.41) is 0. The third-order valence-corrected chi connectivity index (χ3v) is 4.51. The molecule has 0 radical (unpaired) electrons. The van der Waals surface area contributed by atoms with Crippen molar-refractivity contribution in [2.24, 2.45) is 5.73 Å². The van der Waals surface area contributed by atoms with Gasteiger partial charge in [0.1, 0.15) is 11.5 Å². The zero-order valence-corrected chi connectivity index (χ0v) is 12.3.